The van der Waals surface area contributed by atoms with Gasteiger partial charge in [0.2, 0.25) is 0 Å². The quantitative estimate of drug-likeness (QED) is 0.772. The van der Waals surface area contributed by atoms with E-state index in [1.54, 1.807) is 0 Å². The number of phenols is 1. The summed E-state index contributed by atoms with van der Waals surface area (Å²) in [6.45, 7) is 4.41. The average molecular weight is 397 g/mol. The van der Waals surface area contributed by atoms with Gasteiger partial charge in [0, 0.05) is 37.6 Å². The summed E-state index contributed by atoms with van der Waals surface area (Å²) in [7, 11) is 0. The molecule has 2 N–H and O–H groups in total. The van der Waals surface area contributed by atoms with Crippen LogP contribution in [0.3, 0.4) is 0 Å². The fourth-order valence-corrected chi connectivity index (χ4v) is 4.72. The molecule has 4 rings (SSSR count). The highest BCUT2D eigenvalue weighted by Gasteiger charge is 2.32. The van der Waals surface area contributed by atoms with Crippen molar-refractivity contribution in [2.24, 2.45) is 5.92 Å². The van der Waals surface area contributed by atoms with E-state index in [4.69, 9.17) is 0 Å². The van der Waals surface area contributed by atoms with Gasteiger partial charge in [-0.2, -0.15) is 0 Å². The van der Waals surface area contributed by atoms with E-state index < -0.39 is 0 Å². The fourth-order valence-electron chi connectivity index (χ4n) is 4.72. The van der Waals surface area contributed by atoms with Gasteiger partial charge < -0.3 is 10.4 Å². The fraction of sp³-hybridized carbons (Fsp3) is 0.524. The molecule has 3 nitrogen and oxygen atoms in total. The minimum Gasteiger partial charge on any atom is -0.507 e. The molecule has 1 aliphatic heterocycles. The Bertz CT molecular complexity index is 679. The van der Waals surface area contributed by atoms with E-state index in [1.165, 1.54) is 43.1 Å². The number of hydrogen-bond donors (Lipinski definition) is 2. The first-order valence-corrected chi connectivity index (χ1v) is 9.50. The first-order chi connectivity index (χ1) is 11.8. The molecule has 1 aliphatic carbocycles. The first kappa shape index (κ1) is 21.3. The van der Waals surface area contributed by atoms with Gasteiger partial charge in [0.05, 0.1) is 0 Å². The number of hydrogen-bond acceptors (Lipinski definition) is 3. The van der Waals surface area contributed by atoms with Crippen molar-refractivity contribution in [1.82, 2.24) is 10.2 Å². The monoisotopic (exact) mass is 396 g/mol. The van der Waals surface area contributed by atoms with Gasteiger partial charge in [0.1, 0.15) is 5.75 Å². The summed E-state index contributed by atoms with van der Waals surface area (Å²) < 4.78 is 0. The third-order valence-corrected chi connectivity index (χ3v) is 5.89. The summed E-state index contributed by atoms with van der Waals surface area (Å²) in [5, 5.41) is 16.0. The van der Waals surface area contributed by atoms with E-state index >= 15 is 0 Å². The smallest absolute Gasteiger partial charge is 0.123 e. The second-order valence-electron chi connectivity index (χ2n) is 7.35. The zero-order chi connectivity index (χ0) is 16.4. The number of aromatic hydroxyl groups is 1. The number of fused-ring (bicyclic) bond motifs is 1. The van der Waals surface area contributed by atoms with Gasteiger partial charge in [-0.05, 0) is 35.8 Å². The second kappa shape index (κ2) is 9.80. The zero-order valence-electron chi connectivity index (χ0n) is 15.2. The topological polar surface area (TPSA) is 35.5 Å². The van der Waals surface area contributed by atoms with Crippen LogP contribution in [0.1, 0.15) is 43.7 Å². The van der Waals surface area contributed by atoms with Crippen LogP contribution in [-0.2, 0) is 0 Å². The van der Waals surface area contributed by atoms with Gasteiger partial charge in [-0.15, -0.1) is 24.8 Å². The van der Waals surface area contributed by atoms with E-state index in [9.17, 15) is 5.11 Å². The highest BCUT2D eigenvalue weighted by atomic mass is 35.5. The summed E-state index contributed by atoms with van der Waals surface area (Å²) in [6.07, 6.45) is 6.79. The Morgan fingerprint density at radius 2 is 1.54 bits per heavy atom. The molecule has 0 unspecified atom stereocenters. The molecule has 2 aliphatic rings. The van der Waals surface area contributed by atoms with Gasteiger partial charge in [-0.25, -0.2) is 0 Å². The van der Waals surface area contributed by atoms with Crippen LogP contribution in [0.25, 0.3) is 10.8 Å². The van der Waals surface area contributed by atoms with Crippen LogP contribution in [0.2, 0.25) is 0 Å². The summed E-state index contributed by atoms with van der Waals surface area (Å²) in [4.78, 5) is 2.69. The molecule has 1 saturated carbocycles. The number of halogens is 2. The molecule has 0 aromatic heterocycles. The molecule has 2 aromatic rings. The van der Waals surface area contributed by atoms with Crippen LogP contribution >= 0.6 is 24.8 Å². The molecule has 1 saturated heterocycles. The van der Waals surface area contributed by atoms with Crippen LogP contribution < -0.4 is 5.32 Å². The molecule has 2 fully saturated rings. The maximum Gasteiger partial charge on any atom is 0.123 e. The standard InChI is InChI=1S/C21H28N2O.2ClH/c24-20-11-10-19(17-8-4-5-9-18(17)20)21(16-6-2-1-3-7-16)23-14-12-22-13-15-23;;/h4-5,8-11,16,21-22,24H,1-3,6-7,12-15H2;2*1H/t21-;;/m1../s1. The predicted octanol–water partition coefficient (Wildman–Crippen LogP) is 4.92. The summed E-state index contributed by atoms with van der Waals surface area (Å²) >= 11 is 0. The largest absolute Gasteiger partial charge is 0.507 e. The Morgan fingerprint density at radius 3 is 2.23 bits per heavy atom. The number of benzene rings is 2. The van der Waals surface area contributed by atoms with Crippen molar-refractivity contribution >= 4 is 35.6 Å². The first-order valence-electron chi connectivity index (χ1n) is 9.50. The van der Waals surface area contributed by atoms with Crippen LogP contribution in [0.5, 0.6) is 5.75 Å². The Kier molecular flexibility index (Phi) is 8.03. The number of phenolic OH excluding ortho intramolecular Hbond substituents is 1. The van der Waals surface area contributed by atoms with Crippen LogP contribution in [-0.4, -0.2) is 36.2 Å². The van der Waals surface area contributed by atoms with Crippen LogP contribution in [0.4, 0.5) is 0 Å². The Hall–Kier alpha value is -1.00. The summed E-state index contributed by atoms with van der Waals surface area (Å²) in [5.41, 5.74) is 1.41. The van der Waals surface area contributed by atoms with Gasteiger partial charge in [-0.1, -0.05) is 49.6 Å². The van der Waals surface area contributed by atoms with Crippen molar-refractivity contribution in [2.75, 3.05) is 26.2 Å². The lowest BCUT2D eigenvalue weighted by molar-refractivity contribution is 0.104. The molecule has 26 heavy (non-hydrogen) atoms. The zero-order valence-corrected chi connectivity index (χ0v) is 16.8. The number of piperazine rings is 1. The summed E-state index contributed by atoms with van der Waals surface area (Å²) in [6, 6.07) is 12.9. The van der Waals surface area contributed by atoms with Crippen molar-refractivity contribution in [3.63, 3.8) is 0 Å². The lowest BCUT2D eigenvalue weighted by Gasteiger charge is -2.41. The Balaban J connectivity index is 0.00000121. The molecule has 0 amide bonds. The summed E-state index contributed by atoms with van der Waals surface area (Å²) in [5.74, 6) is 1.14. The second-order valence-corrected chi connectivity index (χ2v) is 7.35. The van der Waals surface area contributed by atoms with Crippen molar-refractivity contribution in [3.05, 3.63) is 42.0 Å². The van der Waals surface area contributed by atoms with Crippen molar-refractivity contribution in [2.45, 2.75) is 38.1 Å². The minimum absolute atomic E-state index is 0. The third-order valence-electron chi connectivity index (χ3n) is 5.89. The lowest BCUT2D eigenvalue weighted by atomic mass is 9.79. The van der Waals surface area contributed by atoms with E-state index in [-0.39, 0.29) is 24.8 Å². The maximum absolute atomic E-state index is 10.3. The van der Waals surface area contributed by atoms with Crippen molar-refractivity contribution in [3.8, 4) is 5.75 Å². The van der Waals surface area contributed by atoms with E-state index in [1.807, 2.05) is 18.2 Å². The van der Waals surface area contributed by atoms with Crippen molar-refractivity contribution in [1.29, 1.82) is 0 Å². The number of nitrogens with zero attached hydrogens (tertiary/aromatic N) is 1. The number of nitrogens with one attached hydrogen (secondary N) is 1. The van der Waals surface area contributed by atoms with Crippen molar-refractivity contribution < 1.29 is 5.11 Å². The predicted molar refractivity (Wildman–Crippen MR) is 114 cm³/mol. The molecule has 0 spiro atoms. The highest BCUT2D eigenvalue weighted by Crippen LogP contribution is 2.42. The molecule has 144 valence electrons. The molecule has 0 bridgehead atoms. The highest BCUT2D eigenvalue weighted by molar-refractivity contribution is 5.91. The minimum atomic E-state index is 0. The van der Waals surface area contributed by atoms with Gasteiger partial charge in [0.25, 0.3) is 0 Å². The molecule has 1 heterocycles. The van der Waals surface area contributed by atoms with Crippen LogP contribution in [0.15, 0.2) is 36.4 Å². The maximum atomic E-state index is 10.3. The van der Waals surface area contributed by atoms with E-state index in [0.717, 1.165) is 37.5 Å². The van der Waals surface area contributed by atoms with Crippen LogP contribution in [0, 0.1) is 5.92 Å². The molecule has 2 aromatic carbocycles. The molecule has 0 radical (unpaired) electrons. The molecular formula is C21H30Cl2N2O. The Morgan fingerprint density at radius 1 is 0.885 bits per heavy atom. The van der Waals surface area contributed by atoms with E-state index in [2.05, 4.69) is 28.4 Å². The lowest BCUT2D eigenvalue weighted by Crippen LogP contribution is -2.47. The molecule has 5 heteroatoms. The average Bonchev–Trinajstić information content (AvgIpc) is 2.66. The van der Waals surface area contributed by atoms with Gasteiger partial charge in [-0.3, -0.25) is 4.90 Å². The third kappa shape index (κ3) is 4.28. The molecular weight excluding hydrogens is 367 g/mol. The molecule has 1 atom stereocenters. The van der Waals surface area contributed by atoms with Gasteiger partial charge in [0.15, 0.2) is 0 Å². The Labute approximate surface area is 169 Å². The number of rotatable bonds is 3. The normalized spacial score (nSPS) is 20.2. The van der Waals surface area contributed by atoms with Gasteiger partial charge >= 0.3 is 0 Å². The van der Waals surface area contributed by atoms with E-state index in [0.29, 0.717) is 11.8 Å². The SMILES string of the molecule is Cl.Cl.Oc1ccc([C@@H](C2CCCCC2)N2CCNCC2)c2ccccc12.